The number of rotatable bonds is 5. The van der Waals surface area contributed by atoms with E-state index in [9.17, 15) is 5.11 Å². The molecular weight excluding hydrogens is 380 g/mol. The van der Waals surface area contributed by atoms with E-state index >= 15 is 0 Å². The van der Waals surface area contributed by atoms with Crippen molar-refractivity contribution in [3.63, 3.8) is 0 Å². The van der Waals surface area contributed by atoms with Crippen molar-refractivity contribution >= 4 is 17.3 Å². The van der Waals surface area contributed by atoms with E-state index in [1.54, 1.807) is 18.6 Å². The number of nitrogens with one attached hydrogen (secondary N) is 1. The number of aliphatic hydroxyl groups is 1. The Morgan fingerprint density at radius 3 is 2.68 bits per heavy atom. The highest BCUT2D eigenvalue weighted by Crippen LogP contribution is 2.33. The van der Waals surface area contributed by atoms with Crippen LogP contribution in [0.1, 0.15) is 39.0 Å². The highest BCUT2D eigenvalue weighted by molar-refractivity contribution is 6.29. The molecule has 0 bridgehead atoms. The normalized spacial score (nSPS) is 27.5. The molecule has 2 aliphatic rings. The molecule has 0 spiro atoms. The van der Waals surface area contributed by atoms with Crippen LogP contribution >= 0.6 is 11.6 Å². The summed E-state index contributed by atoms with van der Waals surface area (Å²) in [5.41, 5.74) is 1.84. The van der Waals surface area contributed by atoms with Crippen molar-refractivity contribution in [2.24, 2.45) is 0 Å². The summed E-state index contributed by atoms with van der Waals surface area (Å²) in [7, 11) is 0. The van der Waals surface area contributed by atoms with Gasteiger partial charge in [0.05, 0.1) is 36.9 Å². The zero-order valence-electron chi connectivity index (χ0n) is 15.9. The summed E-state index contributed by atoms with van der Waals surface area (Å²) in [6, 6.07) is 2.08. The summed E-state index contributed by atoms with van der Waals surface area (Å²) >= 11 is 6.13. The van der Waals surface area contributed by atoms with Gasteiger partial charge < -0.3 is 19.9 Å². The first kappa shape index (κ1) is 19.4. The maximum absolute atomic E-state index is 10.2. The topological polar surface area (TPSA) is 89.4 Å². The van der Waals surface area contributed by atoms with Gasteiger partial charge in [0.1, 0.15) is 11.3 Å². The first-order valence-corrected chi connectivity index (χ1v) is 10.1. The molecule has 0 aromatic carbocycles. The molecular formula is C20H25ClN4O3. The van der Waals surface area contributed by atoms with Gasteiger partial charge in [-0.15, -0.1) is 0 Å². The standard InChI is InChI=1S/C20H25ClN4O3/c1-20(26)5-2-13(3-6-20)25-16-8-18(21)23-9-15(16)17-10-24-19(11-22-17)28-14-4-7-27-12-14/h8-11,13-14,26H,2-7,12H2,1H3,(H,23,25). The Hall–Kier alpha value is -1.96. The molecule has 2 aromatic heterocycles. The molecule has 7 nitrogen and oxygen atoms in total. The minimum Gasteiger partial charge on any atom is -0.471 e. The van der Waals surface area contributed by atoms with Crippen molar-refractivity contribution in [3.05, 3.63) is 29.8 Å². The van der Waals surface area contributed by atoms with Gasteiger partial charge in [-0.2, -0.15) is 0 Å². The lowest BCUT2D eigenvalue weighted by atomic mass is 9.83. The molecule has 28 heavy (non-hydrogen) atoms. The number of hydrogen-bond acceptors (Lipinski definition) is 7. The Kier molecular flexibility index (Phi) is 5.66. The van der Waals surface area contributed by atoms with E-state index in [-0.39, 0.29) is 12.1 Å². The number of pyridine rings is 1. The summed E-state index contributed by atoms with van der Waals surface area (Å²) in [5.74, 6) is 0.491. The molecule has 4 rings (SSSR count). The molecule has 0 amide bonds. The van der Waals surface area contributed by atoms with Gasteiger partial charge in [0.2, 0.25) is 5.88 Å². The van der Waals surface area contributed by atoms with E-state index in [0.29, 0.717) is 23.3 Å². The smallest absolute Gasteiger partial charge is 0.232 e. The van der Waals surface area contributed by atoms with Gasteiger partial charge in [0.15, 0.2) is 0 Å². The van der Waals surface area contributed by atoms with Gasteiger partial charge >= 0.3 is 0 Å². The first-order chi connectivity index (χ1) is 13.5. The van der Waals surface area contributed by atoms with Crippen LogP contribution in [0.4, 0.5) is 5.69 Å². The summed E-state index contributed by atoms with van der Waals surface area (Å²) in [6.07, 6.45) is 9.27. The maximum Gasteiger partial charge on any atom is 0.232 e. The molecule has 1 saturated heterocycles. The second-order valence-corrected chi connectivity index (χ2v) is 8.20. The Morgan fingerprint density at radius 2 is 2.00 bits per heavy atom. The highest BCUT2D eigenvalue weighted by Gasteiger charge is 2.29. The fraction of sp³-hybridized carbons (Fsp3) is 0.550. The van der Waals surface area contributed by atoms with Crippen molar-refractivity contribution < 1.29 is 14.6 Å². The Labute approximate surface area is 169 Å². The van der Waals surface area contributed by atoms with E-state index in [2.05, 4.69) is 20.3 Å². The van der Waals surface area contributed by atoms with Crippen LogP contribution in [-0.4, -0.2) is 51.0 Å². The van der Waals surface area contributed by atoms with Crippen LogP contribution in [0.25, 0.3) is 11.3 Å². The zero-order chi connectivity index (χ0) is 19.6. The van der Waals surface area contributed by atoms with Gasteiger partial charge in [-0.05, 0) is 38.7 Å². The number of aromatic nitrogens is 3. The quantitative estimate of drug-likeness (QED) is 0.737. The Bertz CT molecular complexity index is 800. The average Bonchev–Trinajstić information content (AvgIpc) is 3.18. The highest BCUT2D eigenvalue weighted by atomic mass is 35.5. The monoisotopic (exact) mass is 404 g/mol. The van der Waals surface area contributed by atoms with Crippen LogP contribution in [-0.2, 0) is 4.74 Å². The number of nitrogens with zero attached hydrogens (tertiary/aromatic N) is 3. The zero-order valence-corrected chi connectivity index (χ0v) is 16.7. The minimum atomic E-state index is -0.567. The first-order valence-electron chi connectivity index (χ1n) is 9.70. The lowest BCUT2D eigenvalue weighted by molar-refractivity contribution is 0.0196. The Balaban J connectivity index is 1.49. The van der Waals surface area contributed by atoms with Crippen LogP contribution in [0.2, 0.25) is 5.15 Å². The maximum atomic E-state index is 10.2. The molecule has 1 unspecified atom stereocenters. The van der Waals surface area contributed by atoms with Crippen molar-refractivity contribution in [3.8, 4) is 17.1 Å². The van der Waals surface area contributed by atoms with E-state index in [1.807, 2.05) is 13.0 Å². The molecule has 2 N–H and O–H groups in total. The van der Waals surface area contributed by atoms with Gasteiger partial charge in [-0.3, -0.25) is 0 Å². The van der Waals surface area contributed by atoms with Crippen molar-refractivity contribution in [2.75, 3.05) is 18.5 Å². The van der Waals surface area contributed by atoms with Crippen LogP contribution in [0.3, 0.4) is 0 Å². The molecule has 1 aliphatic heterocycles. The second-order valence-electron chi connectivity index (χ2n) is 7.81. The van der Waals surface area contributed by atoms with Crippen molar-refractivity contribution in [2.45, 2.75) is 56.8 Å². The van der Waals surface area contributed by atoms with E-state index in [1.165, 1.54) is 0 Å². The van der Waals surface area contributed by atoms with Gasteiger partial charge in [0.25, 0.3) is 0 Å². The third-order valence-electron chi connectivity index (χ3n) is 5.37. The largest absolute Gasteiger partial charge is 0.471 e. The minimum absolute atomic E-state index is 0.0399. The van der Waals surface area contributed by atoms with Crippen molar-refractivity contribution in [1.29, 1.82) is 0 Å². The predicted octanol–water partition coefficient (Wildman–Crippen LogP) is 3.47. The number of halogens is 1. The number of ether oxygens (including phenoxy) is 2. The lowest BCUT2D eigenvalue weighted by Gasteiger charge is -2.34. The van der Waals surface area contributed by atoms with E-state index < -0.39 is 5.60 Å². The average molecular weight is 405 g/mol. The number of hydrogen-bond donors (Lipinski definition) is 2. The molecule has 2 fully saturated rings. The molecule has 8 heteroatoms. The third kappa shape index (κ3) is 4.71. The second kappa shape index (κ2) is 8.19. The lowest BCUT2D eigenvalue weighted by Crippen LogP contribution is -2.35. The Morgan fingerprint density at radius 1 is 1.18 bits per heavy atom. The predicted molar refractivity (Wildman–Crippen MR) is 107 cm³/mol. The van der Waals surface area contributed by atoms with Gasteiger partial charge in [-0.25, -0.2) is 15.0 Å². The molecule has 1 saturated carbocycles. The molecule has 1 aliphatic carbocycles. The van der Waals surface area contributed by atoms with Crippen molar-refractivity contribution in [1.82, 2.24) is 15.0 Å². The molecule has 1 atom stereocenters. The molecule has 3 heterocycles. The van der Waals surface area contributed by atoms with Crippen LogP contribution < -0.4 is 10.1 Å². The van der Waals surface area contributed by atoms with Crippen LogP contribution in [0.15, 0.2) is 24.7 Å². The third-order valence-corrected chi connectivity index (χ3v) is 5.58. The summed E-state index contributed by atoms with van der Waals surface area (Å²) in [5, 5.41) is 14.1. The van der Waals surface area contributed by atoms with E-state index in [4.69, 9.17) is 21.1 Å². The van der Waals surface area contributed by atoms with Crippen LogP contribution in [0.5, 0.6) is 5.88 Å². The summed E-state index contributed by atoms with van der Waals surface area (Å²) in [6.45, 7) is 3.21. The fourth-order valence-corrected chi connectivity index (χ4v) is 3.81. The SMILES string of the molecule is CC1(O)CCC(Nc2cc(Cl)ncc2-c2cnc(OC3CCOC3)cn2)CC1. The van der Waals surface area contributed by atoms with E-state index in [0.717, 1.165) is 50.0 Å². The summed E-state index contributed by atoms with van der Waals surface area (Å²) < 4.78 is 11.1. The molecule has 0 radical (unpaired) electrons. The van der Waals surface area contributed by atoms with Gasteiger partial charge in [-0.1, -0.05) is 11.6 Å². The fourth-order valence-electron chi connectivity index (χ4n) is 3.65. The molecule has 150 valence electrons. The number of anilines is 1. The van der Waals surface area contributed by atoms with Gasteiger partial charge in [0, 0.05) is 29.9 Å². The summed E-state index contributed by atoms with van der Waals surface area (Å²) in [4.78, 5) is 13.1. The van der Waals surface area contributed by atoms with Crippen LogP contribution in [0, 0.1) is 0 Å². The molecule has 2 aromatic rings.